The van der Waals surface area contributed by atoms with Gasteiger partial charge in [-0.2, -0.15) is 0 Å². The Bertz CT molecular complexity index is 809. The molecule has 0 amide bonds. The van der Waals surface area contributed by atoms with E-state index in [1.165, 1.54) is 0 Å². The summed E-state index contributed by atoms with van der Waals surface area (Å²) in [5.74, 6) is 0.458. The normalized spacial score (nSPS) is 24.3. The van der Waals surface area contributed by atoms with E-state index in [1.54, 1.807) is 29.4 Å². The molecule has 2 aliphatic heterocycles. The Morgan fingerprint density at radius 3 is 2.85 bits per heavy atom. The lowest BCUT2D eigenvalue weighted by Crippen LogP contribution is -2.47. The maximum absolute atomic E-state index is 12.5. The number of rotatable bonds is 5. The lowest BCUT2D eigenvalue weighted by atomic mass is 9.94. The molecule has 2 fully saturated rings. The molecule has 2 aliphatic rings. The third kappa shape index (κ3) is 4.43. The van der Waals surface area contributed by atoms with E-state index in [9.17, 15) is 9.90 Å². The first kappa shape index (κ1) is 18.3. The van der Waals surface area contributed by atoms with Crippen LogP contribution in [0.1, 0.15) is 19.3 Å². The number of hydrogen-bond acceptors (Lipinski definition) is 6. The van der Waals surface area contributed by atoms with E-state index < -0.39 is 5.60 Å². The summed E-state index contributed by atoms with van der Waals surface area (Å²) in [7, 11) is 0. The van der Waals surface area contributed by atoms with Crippen molar-refractivity contribution in [2.45, 2.75) is 31.4 Å². The molecule has 144 valence electrons. The van der Waals surface area contributed by atoms with Crippen molar-refractivity contribution >= 4 is 0 Å². The van der Waals surface area contributed by atoms with Crippen LogP contribution in [0.2, 0.25) is 0 Å². The van der Waals surface area contributed by atoms with Gasteiger partial charge in [0.2, 0.25) is 0 Å². The average molecular weight is 370 g/mol. The lowest BCUT2D eigenvalue weighted by molar-refractivity contribution is -0.0125. The predicted molar refractivity (Wildman–Crippen MR) is 101 cm³/mol. The van der Waals surface area contributed by atoms with Crippen molar-refractivity contribution in [3.8, 4) is 11.3 Å². The van der Waals surface area contributed by atoms with Crippen molar-refractivity contribution in [2.24, 2.45) is 5.92 Å². The Morgan fingerprint density at radius 2 is 2.19 bits per heavy atom. The summed E-state index contributed by atoms with van der Waals surface area (Å²) >= 11 is 0. The maximum atomic E-state index is 12.5. The van der Waals surface area contributed by atoms with Crippen molar-refractivity contribution in [3.05, 3.63) is 47.3 Å². The molecule has 0 bridgehead atoms. The molecule has 0 aromatic carbocycles. The molecule has 4 heterocycles. The fraction of sp³-hybridized carbons (Fsp3) is 0.550. The molecule has 2 aromatic heterocycles. The number of likely N-dealkylation sites (tertiary alicyclic amines) is 1. The van der Waals surface area contributed by atoms with Gasteiger partial charge in [-0.1, -0.05) is 0 Å². The van der Waals surface area contributed by atoms with E-state index in [0.717, 1.165) is 37.9 Å². The van der Waals surface area contributed by atoms with Gasteiger partial charge in [-0.25, -0.2) is 4.98 Å². The number of hydrogen-bond donors (Lipinski definition) is 1. The molecular formula is C20H26N4O3. The molecule has 0 spiro atoms. The topological polar surface area (TPSA) is 80.5 Å². The van der Waals surface area contributed by atoms with E-state index in [0.29, 0.717) is 37.9 Å². The van der Waals surface area contributed by atoms with Crippen molar-refractivity contribution in [3.63, 3.8) is 0 Å². The fourth-order valence-electron chi connectivity index (χ4n) is 3.98. The summed E-state index contributed by atoms with van der Waals surface area (Å²) in [6.07, 6.45) is 7.83. The number of piperidine rings is 1. The SMILES string of the molecule is O=c1cc(-c2cccnc2)ncn1CC1CCN(CC2(O)CCOC2)CC1. The molecule has 0 aliphatic carbocycles. The molecule has 27 heavy (non-hydrogen) atoms. The zero-order valence-electron chi connectivity index (χ0n) is 15.5. The maximum Gasteiger partial charge on any atom is 0.253 e. The van der Waals surface area contributed by atoms with Gasteiger partial charge in [-0.05, 0) is 44.0 Å². The molecule has 7 heteroatoms. The second-order valence-electron chi connectivity index (χ2n) is 7.75. The van der Waals surface area contributed by atoms with E-state index in [4.69, 9.17) is 4.74 Å². The molecule has 7 nitrogen and oxygen atoms in total. The van der Waals surface area contributed by atoms with Gasteiger partial charge in [0.15, 0.2) is 0 Å². The van der Waals surface area contributed by atoms with Crippen LogP contribution < -0.4 is 5.56 Å². The van der Waals surface area contributed by atoms with Crippen molar-refractivity contribution in [1.82, 2.24) is 19.4 Å². The van der Waals surface area contributed by atoms with Gasteiger partial charge in [0.05, 0.1) is 18.6 Å². The monoisotopic (exact) mass is 370 g/mol. The highest BCUT2D eigenvalue weighted by Crippen LogP contribution is 2.24. The molecular weight excluding hydrogens is 344 g/mol. The van der Waals surface area contributed by atoms with Crippen molar-refractivity contribution in [1.29, 1.82) is 0 Å². The van der Waals surface area contributed by atoms with E-state index in [2.05, 4.69) is 14.9 Å². The van der Waals surface area contributed by atoms with Crippen LogP contribution in [0, 0.1) is 5.92 Å². The number of pyridine rings is 1. The van der Waals surface area contributed by atoms with Crippen LogP contribution >= 0.6 is 0 Å². The van der Waals surface area contributed by atoms with Gasteiger partial charge in [-0.3, -0.25) is 14.3 Å². The first-order valence-electron chi connectivity index (χ1n) is 9.61. The van der Waals surface area contributed by atoms with Gasteiger partial charge in [0.25, 0.3) is 5.56 Å². The van der Waals surface area contributed by atoms with Gasteiger partial charge < -0.3 is 14.7 Å². The Labute approximate surface area is 158 Å². The summed E-state index contributed by atoms with van der Waals surface area (Å²) in [6.45, 7) is 4.36. The lowest BCUT2D eigenvalue weighted by Gasteiger charge is -2.36. The zero-order chi connectivity index (χ0) is 18.7. The first-order valence-corrected chi connectivity index (χ1v) is 9.61. The Kier molecular flexibility index (Phi) is 5.33. The molecule has 1 unspecified atom stereocenters. The number of β-amino-alcohol motifs (C(OH)–C–C–N with tert-alkyl or cyclic N) is 1. The number of aromatic nitrogens is 3. The third-order valence-corrected chi connectivity index (χ3v) is 5.60. The minimum atomic E-state index is -0.685. The van der Waals surface area contributed by atoms with Crippen LogP contribution in [-0.2, 0) is 11.3 Å². The molecule has 4 rings (SSSR count). The smallest absolute Gasteiger partial charge is 0.253 e. The van der Waals surface area contributed by atoms with Crippen LogP contribution in [0.4, 0.5) is 0 Å². The molecule has 1 N–H and O–H groups in total. The summed E-state index contributed by atoms with van der Waals surface area (Å²) in [4.78, 5) is 23.3. The van der Waals surface area contributed by atoms with E-state index in [1.807, 2.05) is 12.1 Å². The predicted octanol–water partition coefficient (Wildman–Crippen LogP) is 1.17. The highest BCUT2D eigenvalue weighted by molar-refractivity contribution is 5.56. The van der Waals surface area contributed by atoms with Gasteiger partial charge in [0.1, 0.15) is 5.60 Å². The zero-order valence-corrected chi connectivity index (χ0v) is 15.5. The first-order chi connectivity index (χ1) is 13.1. The summed E-state index contributed by atoms with van der Waals surface area (Å²) in [5.41, 5.74) is 0.800. The van der Waals surface area contributed by atoms with Gasteiger partial charge in [-0.15, -0.1) is 0 Å². The minimum absolute atomic E-state index is 0.0244. The van der Waals surface area contributed by atoms with E-state index >= 15 is 0 Å². The molecule has 0 saturated carbocycles. The van der Waals surface area contributed by atoms with Crippen LogP contribution in [0.25, 0.3) is 11.3 Å². The highest BCUT2D eigenvalue weighted by atomic mass is 16.5. The molecule has 0 radical (unpaired) electrons. The van der Waals surface area contributed by atoms with E-state index in [-0.39, 0.29) is 5.56 Å². The summed E-state index contributed by atoms with van der Waals surface area (Å²) < 4.78 is 7.04. The quantitative estimate of drug-likeness (QED) is 0.851. The van der Waals surface area contributed by atoms with Crippen LogP contribution in [0.3, 0.4) is 0 Å². The highest BCUT2D eigenvalue weighted by Gasteiger charge is 2.35. The Balaban J connectivity index is 1.33. The standard InChI is InChI=1S/C20H26N4O3/c25-19-10-18(17-2-1-6-21-11-17)22-15-24(19)12-16-3-7-23(8-4-16)13-20(26)5-9-27-14-20/h1-2,6,10-11,15-16,26H,3-5,7-9,12-14H2. The molecule has 2 saturated heterocycles. The van der Waals surface area contributed by atoms with Crippen molar-refractivity contribution < 1.29 is 9.84 Å². The minimum Gasteiger partial charge on any atom is -0.386 e. The number of aliphatic hydroxyl groups is 1. The van der Waals surface area contributed by atoms with Crippen LogP contribution in [-0.4, -0.2) is 63.0 Å². The Morgan fingerprint density at radius 1 is 1.33 bits per heavy atom. The van der Waals surface area contributed by atoms with Crippen LogP contribution in [0.5, 0.6) is 0 Å². The summed E-state index contributed by atoms with van der Waals surface area (Å²) in [5, 5.41) is 10.5. The second-order valence-corrected chi connectivity index (χ2v) is 7.75. The third-order valence-electron chi connectivity index (χ3n) is 5.60. The molecule has 1 atom stereocenters. The number of ether oxygens (including phenoxy) is 1. The van der Waals surface area contributed by atoms with Crippen molar-refractivity contribution in [2.75, 3.05) is 32.8 Å². The second kappa shape index (κ2) is 7.88. The molecule has 2 aromatic rings. The average Bonchev–Trinajstić information content (AvgIpc) is 3.12. The van der Waals surface area contributed by atoms with Crippen LogP contribution in [0.15, 0.2) is 41.7 Å². The van der Waals surface area contributed by atoms with Gasteiger partial charge in [0, 0.05) is 50.1 Å². The van der Waals surface area contributed by atoms with Gasteiger partial charge >= 0.3 is 0 Å². The fourth-order valence-corrected chi connectivity index (χ4v) is 3.98. The largest absolute Gasteiger partial charge is 0.386 e. The Hall–Kier alpha value is -2.09. The number of nitrogens with zero attached hydrogens (tertiary/aromatic N) is 4. The summed E-state index contributed by atoms with van der Waals surface area (Å²) in [6, 6.07) is 5.32.